The molecule has 2 aromatic carbocycles. The smallest absolute Gasteiger partial charge is 0.272 e. The second-order valence-electron chi connectivity index (χ2n) is 5.35. The molecule has 0 saturated carbocycles. The van der Waals surface area contributed by atoms with Gasteiger partial charge in [-0.05, 0) is 39.7 Å². The second-order valence-corrected chi connectivity index (χ2v) is 6.14. The molecule has 120 valence electrons. The van der Waals surface area contributed by atoms with Gasteiger partial charge in [0.1, 0.15) is 11.5 Å². The summed E-state index contributed by atoms with van der Waals surface area (Å²) in [6.45, 7) is 0.475. The topological polar surface area (TPSA) is 36.1 Å². The predicted octanol–water partition coefficient (Wildman–Crippen LogP) is 4.35. The van der Waals surface area contributed by atoms with E-state index in [-0.39, 0.29) is 18.3 Å². The number of halogens is 2. The number of nitrogens with zero attached hydrogens (tertiary/aromatic N) is 1. The Bertz CT molecular complexity index is 925. The van der Waals surface area contributed by atoms with Crippen LogP contribution in [0.3, 0.4) is 0 Å². The number of H-pyrrole nitrogens is 1. The fraction of sp³-hybridized carbons (Fsp3) is 0.105. The van der Waals surface area contributed by atoms with Gasteiger partial charge in [0.2, 0.25) is 0 Å². The summed E-state index contributed by atoms with van der Waals surface area (Å²) in [6.07, 6.45) is 5.41. The number of aromatic nitrogens is 1. The van der Waals surface area contributed by atoms with E-state index in [1.807, 2.05) is 24.3 Å². The molecular weight excluding hydrogens is 371 g/mol. The van der Waals surface area contributed by atoms with Crippen LogP contribution in [0, 0.1) is 18.2 Å². The first-order chi connectivity index (χ1) is 11.6. The monoisotopic (exact) mass is 384 g/mol. The van der Waals surface area contributed by atoms with Crippen molar-refractivity contribution >= 4 is 32.7 Å². The average Bonchev–Trinajstić information content (AvgIpc) is 2.93. The van der Waals surface area contributed by atoms with Crippen LogP contribution in [0.5, 0.6) is 0 Å². The number of rotatable bonds is 4. The van der Waals surface area contributed by atoms with Crippen molar-refractivity contribution in [2.45, 2.75) is 6.54 Å². The van der Waals surface area contributed by atoms with Crippen molar-refractivity contribution < 1.29 is 9.18 Å². The molecule has 1 heterocycles. The van der Waals surface area contributed by atoms with Gasteiger partial charge in [0.15, 0.2) is 0 Å². The lowest BCUT2D eigenvalue weighted by atomic mass is 10.2. The van der Waals surface area contributed by atoms with Crippen LogP contribution in [0.4, 0.5) is 4.39 Å². The first-order valence-corrected chi connectivity index (χ1v) is 8.13. The summed E-state index contributed by atoms with van der Waals surface area (Å²) >= 11 is 3.49. The molecule has 1 N–H and O–H groups in total. The molecule has 3 rings (SSSR count). The van der Waals surface area contributed by atoms with Crippen LogP contribution in [0.15, 0.2) is 53.0 Å². The maximum atomic E-state index is 13.0. The number of carbonyl (C=O) groups excluding carboxylic acids is 1. The van der Waals surface area contributed by atoms with Crippen LogP contribution in [0.25, 0.3) is 10.9 Å². The van der Waals surface area contributed by atoms with Gasteiger partial charge in [0.05, 0.1) is 11.0 Å². The lowest BCUT2D eigenvalue weighted by molar-refractivity contribution is 0.0760. The molecule has 0 saturated heterocycles. The van der Waals surface area contributed by atoms with Gasteiger partial charge in [-0.2, -0.15) is 0 Å². The molecule has 1 amide bonds. The van der Waals surface area contributed by atoms with Crippen LogP contribution < -0.4 is 0 Å². The van der Waals surface area contributed by atoms with E-state index in [1.165, 1.54) is 12.1 Å². The van der Waals surface area contributed by atoms with Gasteiger partial charge in [-0.1, -0.05) is 36.3 Å². The fourth-order valence-corrected chi connectivity index (χ4v) is 3.15. The molecule has 0 bridgehead atoms. The zero-order chi connectivity index (χ0) is 17.1. The maximum Gasteiger partial charge on any atom is 0.272 e. The van der Waals surface area contributed by atoms with Gasteiger partial charge in [-0.15, -0.1) is 6.42 Å². The molecular formula is C19H14BrFN2O. The standard InChI is InChI=1S/C19H14BrFN2O/c1-2-11-23(12-13-7-9-14(21)10-8-13)19(24)18-17(20)15-5-3-4-6-16(15)22-18/h1,3-10,22H,11-12H2. The first-order valence-electron chi connectivity index (χ1n) is 7.33. The van der Waals surface area contributed by atoms with Crippen LogP contribution in [0.1, 0.15) is 16.1 Å². The van der Waals surface area contributed by atoms with Crippen molar-refractivity contribution in [2.75, 3.05) is 6.54 Å². The highest BCUT2D eigenvalue weighted by Crippen LogP contribution is 2.28. The van der Waals surface area contributed by atoms with Crippen LogP contribution >= 0.6 is 15.9 Å². The predicted molar refractivity (Wildman–Crippen MR) is 96.0 cm³/mol. The number of nitrogens with one attached hydrogen (secondary N) is 1. The van der Waals surface area contributed by atoms with E-state index in [2.05, 4.69) is 26.8 Å². The Morgan fingerprint density at radius 3 is 2.58 bits per heavy atom. The summed E-state index contributed by atoms with van der Waals surface area (Å²) in [7, 11) is 0. The number of para-hydroxylation sites is 1. The lowest BCUT2D eigenvalue weighted by Gasteiger charge is -2.20. The Morgan fingerprint density at radius 2 is 1.92 bits per heavy atom. The Balaban J connectivity index is 1.92. The van der Waals surface area contributed by atoms with E-state index >= 15 is 0 Å². The number of aromatic amines is 1. The molecule has 3 nitrogen and oxygen atoms in total. The van der Waals surface area contributed by atoms with E-state index in [0.29, 0.717) is 16.7 Å². The normalized spacial score (nSPS) is 10.5. The van der Waals surface area contributed by atoms with Crippen molar-refractivity contribution in [1.82, 2.24) is 9.88 Å². The Labute approximate surface area is 147 Å². The molecule has 0 aliphatic heterocycles. The number of hydrogen-bond acceptors (Lipinski definition) is 1. The first kappa shape index (κ1) is 16.3. The molecule has 0 aliphatic carbocycles. The minimum absolute atomic E-state index is 0.165. The quantitative estimate of drug-likeness (QED) is 0.667. The van der Waals surface area contributed by atoms with Crippen LogP contribution in [-0.4, -0.2) is 22.3 Å². The van der Waals surface area contributed by atoms with Crippen LogP contribution in [-0.2, 0) is 6.54 Å². The highest BCUT2D eigenvalue weighted by Gasteiger charge is 2.21. The summed E-state index contributed by atoms with van der Waals surface area (Å²) in [5.41, 5.74) is 2.14. The van der Waals surface area contributed by atoms with Crippen molar-refractivity contribution in [3.63, 3.8) is 0 Å². The van der Waals surface area contributed by atoms with Gasteiger partial charge in [0, 0.05) is 17.4 Å². The zero-order valence-corrected chi connectivity index (χ0v) is 14.3. The number of fused-ring (bicyclic) bond motifs is 1. The number of amides is 1. The Kier molecular flexibility index (Phi) is 4.68. The minimum atomic E-state index is -0.313. The van der Waals surface area contributed by atoms with Crippen molar-refractivity contribution in [1.29, 1.82) is 0 Å². The highest BCUT2D eigenvalue weighted by atomic mass is 79.9. The van der Waals surface area contributed by atoms with Crippen molar-refractivity contribution in [3.8, 4) is 12.3 Å². The lowest BCUT2D eigenvalue weighted by Crippen LogP contribution is -2.31. The largest absolute Gasteiger partial charge is 0.350 e. The molecule has 24 heavy (non-hydrogen) atoms. The molecule has 0 aliphatic rings. The number of carbonyl (C=O) groups is 1. The summed E-state index contributed by atoms with van der Waals surface area (Å²) in [5.74, 6) is 1.98. The van der Waals surface area contributed by atoms with Gasteiger partial charge in [0.25, 0.3) is 5.91 Å². The van der Waals surface area contributed by atoms with E-state index in [4.69, 9.17) is 6.42 Å². The molecule has 0 radical (unpaired) electrons. The third-order valence-corrected chi connectivity index (χ3v) is 4.54. The SMILES string of the molecule is C#CCN(Cc1ccc(F)cc1)C(=O)c1[nH]c2ccccc2c1Br. The summed E-state index contributed by atoms with van der Waals surface area (Å²) in [5, 5.41) is 0.934. The molecule has 1 aromatic heterocycles. The van der Waals surface area contributed by atoms with Crippen molar-refractivity contribution in [2.24, 2.45) is 0 Å². The number of terminal acetylenes is 1. The van der Waals surface area contributed by atoms with E-state index < -0.39 is 0 Å². The molecule has 5 heteroatoms. The Hall–Kier alpha value is -2.58. The third kappa shape index (κ3) is 3.19. The van der Waals surface area contributed by atoms with E-state index in [1.54, 1.807) is 17.0 Å². The van der Waals surface area contributed by atoms with E-state index in [0.717, 1.165) is 16.5 Å². The minimum Gasteiger partial charge on any atom is -0.350 e. The number of hydrogen-bond donors (Lipinski definition) is 1. The van der Waals surface area contributed by atoms with E-state index in [9.17, 15) is 9.18 Å². The number of benzene rings is 2. The zero-order valence-electron chi connectivity index (χ0n) is 12.7. The summed E-state index contributed by atoms with van der Waals surface area (Å²) in [6, 6.07) is 13.7. The van der Waals surface area contributed by atoms with Gasteiger partial charge < -0.3 is 9.88 Å². The highest BCUT2D eigenvalue weighted by molar-refractivity contribution is 9.10. The fourth-order valence-electron chi connectivity index (χ4n) is 2.53. The molecule has 3 aromatic rings. The average molecular weight is 385 g/mol. The van der Waals surface area contributed by atoms with Gasteiger partial charge in [-0.3, -0.25) is 4.79 Å². The molecule has 0 spiro atoms. The van der Waals surface area contributed by atoms with Gasteiger partial charge in [-0.25, -0.2) is 4.39 Å². The molecule has 0 fully saturated rings. The van der Waals surface area contributed by atoms with Gasteiger partial charge >= 0.3 is 0 Å². The summed E-state index contributed by atoms with van der Waals surface area (Å²) in [4.78, 5) is 17.6. The third-order valence-electron chi connectivity index (χ3n) is 3.71. The molecule has 0 atom stereocenters. The molecule has 0 unspecified atom stereocenters. The second kappa shape index (κ2) is 6.90. The van der Waals surface area contributed by atoms with Crippen molar-refractivity contribution in [3.05, 3.63) is 70.1 Å². The van der Waals surface area contributed by atoms with Crippen LogP contribution in [0.2, 0.25) is 0 Å². The summed E-state index contributed by atoms with van der Waals surface area (Å²) < 4.78 is 13.8. The maximum absolute atomic E-state index is 13.0. The Morgan fingerprint density at radius 1 is 1.21 bits per heavy atom.